The monoisotopic (exact) mass is 214 g/mol. The maximum absolute atomic E-state index is 8.02. The molecule has 0 saturated heterocycles. The summed E-state index contributed by atoms with van der Waals surface area (Å²) in [4.78, 5) is 6.72. The highest BCUT2D eigenvalue weighted by Crippen LogP contribution is 2.16. The van der Waals surface area contributed by atoms with Crippen molar-refractivity contribution in [3.05, 3.63) is 33.8 Å². The quantitative estimate of drug-likeness (QED) is 0.254. The third-order valence-corrected chi connectivity index (χ3v) is 2.35. The van der Waals surface area contributed by atoms with Crippen LogP contribution in [0, 0.1) is 0 Å². The summed E-state index contributed by atoms with van der Waals surface area (Å²) in [5, 5.41) is 4.92. The fourth-order valence-electron chi connectivity index (χ4n) is 0.683. The molecular formula is C7H7ClN4S. The van der Waals surface area contributed by atoms with Gasteiger partial charge in [0.05, 0.1) is 10.0 Å². The van der Waals surface area contributed by atoms with Crippen molar-refractivity contribution in [2.75, 3.05) is 12.3 Å². The standard InChI is InChI=1S/C7H7ClN4S/c8-6-1-2-7(10-5-6)13-4-3-11-12-9/h1-2,5H,3-4H2. The lowest BCUT2D eigenvalue weighted by Gasteiger charge is -1.96. The first kappa shape index (κ1) is 10.2. The summed E-state index contributed by atoms with van der Waals surface area (Å²) in [7, 11) is 0. The Morgan fingerprint density at radius 3 is 3.08 bits per heavy atom. The number of halogens is 1. The van der Waals surface area contributed by atoms with Crippen LogP contribution in [-0.2, 0) is 0 Å². The van der Waals surface area contributed by atoms with Crippen molar-refractivity contribution in [2.24, 2.45) is 5.11 Å². The molecule has 0 aliphatic carbocycles. The molecule has 1 heterocycles. The summed E-state index contributed by atoms with van der Waals surface area (Å²) < 4.78 is 0. The number of nitrogens with zero attached hydrogens (tertiary/aromatic N) is 4. The number of aromatic nitrogens is 1. The molecule has 0 aliphatic rings. The molecule has 0 bridgehead atoms. The summed E-state index contributed by atoms with van der Waals surface area (Å²) in [6.07, 6.45) is 1.59. The van der Waals surface area contributed by atoms with E-state index in [2.05, 4.69) is 15.0 Å². The topological polar surface area (TPSA) is 61.7 Å². The van der Waals surface area contributed by atoms with Crippen molar-refractivity contribution in [1.29, 1.82) is 0 Å². The number of azide groups is 1. The van der Waals surface area contributed by atoms with Gasteiger partial charge in [-0.05, 0) is 17.7 Å². The molecule has 0 saturated carbocycles. The van der Waals surface area contributed by atoms with Crippen LogP contribution in [0.25, 0.3) is 10.4 Å². The van der Waals surface area contributed by atoms with Gasteiger partial charge < -0.3 is 0 Å². The van der Waals surface area contributed by atoms with E-state index in [0.717, 1.165) is 10.8 Å². The van der Waals surface area contributed by atoms with E-state index in [1.165, 1.54) is 11.8 Å². The molecule has 0 spiro atoms. The maximum atomic E-state index is 8.02. The van der Waals surface area contributed by atoms with Crippen molar-refractivity contribution in [3.8, 4) is 0 Å². The van der Waals surface area contributed by atoms with E-state index < -0.39 is 0 Å². The molecule has 0 radical (unpaired) electrons. The van der Waals surface area contributed by atoms with Crippen LogP contribution in [0.5, 0.6) is 0 Å². The van der Waals surface area contributed by atoms with Crippen LogP contribution in [0.4, 0.5) is 0 Å². The smallest absolute Gasteiger partial charge is 0.0960 e. The number of hydrogen-bond acceptors (Lipinski definition) is 3. The van der Waals surface area contributed by atoms with E-state index in [0.29, 0.717) is 11.6 Å². The predicted octanol–water partition coefficient (Wildman–Crippen LogP) is 3.14. The second kappa shape index (κ2) is 5.70. The minimum Gasteiger partial charge on any atom is -0.248 e. The Kier molecular flexibility index (Phi) is 4.46. The summed E-state index contributed by atoms with van der Waals surface area (Å²) in [5.41, 5.74) is 8.02. The summed E-state index contributed by atoms with van der Waals surface area (Å²) in [6.45, 7) is 0.478. The van der Waals surface area contributed by atoms with Crippen molar-refractivity contribution in [2.45, 2.75) is 5.03 Å². The molecular weight excluding hydrogens is 208 g/mol. The molecule has 0 unspecified atom stereocenters. The lowest BCUT2D eigenvalue weighted by molar-refractivity contribution is 1.09. The normalized spacial score (nSPS) is 9.31. The Morgan fingerprint density at radius 2 is 2.46 bits per heavy atom. The molecule has 1 aromatic heterocycles. The highest BCUT2D eigenvalue weighted by atomic mass is 35.5. The molecule has 0 amide bonds. The zero-order valence-corrected chi connectivity index (χ0v) is 8.29. The van der Waals surface area contributed by atoms with Crippen LogP contribution in [0.15, 0.2) is 28.5 Å². The summed E-state index contributed by atoms with van der Waals surface area (Å²) >= 11 is 7.19. The van der Waals surface area contributed by atoms with E-state index in [-0.39, 0.29) is 0 Å². The van der Waals surface area contributed by atoms with Gasteiger partial charge in [-0.15, -0.1) is 11.8 Å². The summed E-state index contributed by atoms with van der Waals surface area (Å²) in [6, 6.07) is 3.62. The van der Waals surface area contributed by atoms with Gasteiger partial charge in [-0.3, -0.25) is 0 Å². The first-order valence-electron chi connectivity index (χ1n) is 3.58. The molecule has 0 aliphatic heterocycles. The van der Waals surface area contributed by atoms with Crippen LogP contribution in [-0.4, -0.2) is 17.3 Å². The highest BCUT2D eigenvalue weighted by Gasteiger charge is 1.94. The van der Waals surface area contributed by atoms with Gasteiger partial charge in [0.1, 0.15) is 0 Å². The SMILES string of the molecule is [N-]=[N+]=NCCSc1ccc(Cl)cn1. The molecule has 0 aromatic carbocycles. The number of pyridine rings is 1. The van der Waals surface area contributed by atoms with E-state index in [9.17, 15) is 0 Å². The third-order valence-electron chi connectivity index (χ3n) is 1.20. The molecule has 1 rings (SSSR count). The van der Waals surface area contributed by atoms with Gasteiger partial charge in [0.15, 0.2) is 0 Å². The molecule has 4 nitrogen and oxygen atoms in total. The second-order valence-electron chi connectivity index (χ2n) is 2.12. The Morgan fingerprint density at radius 1 is 1.62 bits per heavy atom. The zero-order chi connectivity index (χ0) is 9.52. The van der Waals surface area contributed by atoms with Crippen LogP contribution < -0.4 is 0 Å². The fourth-order valence-corrected chi connectivity index (χ4v) is 1.47. The molecule has 13 heavy (non-hydrogen) atoms. The van der Waals surface area contributed by atoms with Crippen LogP contribution >= 0.6 is 23.4 Å². The predicted molar refractivity (Wildman–Crippen MR) is 54.0 cm³/mol. The molecule has 0 fully saturated rings. The van der Waals surface area contributed by atoms with Gasteiger partial charge in [-0.2, -0.15) is 0 Å². The minimum absolute atomic E-state index is 0.478. The third kappa shape index (κ3) is 4.03. The maximum Gasteiger partial charge on any atom is 0.0960 e. The Bertz CT molecular complexity index is 307. The molecule has 68 valence electrons. The number of hydrogen-bond donors (Lipinski definition) is 0. The Hall–Kier alpha value is -0.900. The number of thioether (sulfide) groups is 1. The first-order valence-corrected chi connectivity index (χ1v) is 4.94. The van der Waals surface area contributed by atoms with Gasteiger partial charge in [-0.1, -0.05) is 16.7 Å². The average Bonchev–Trinajstić information content (AvgIpc) is 2.15. The van der Waals surface area contributed by atoms with Crippen molar-refractivity contribution < 1.29 is 0 Å². The fraction of sp³-hybridized carbons (Fsp3) is 0.286. The minimum atomic E-state index is 0.478. The molecule has 0 atom stereocenters. The second-order valence-corrected chi connectivity index (χ2v) is 3.67. The highest BCUT2D eigenvalue weighted by molar-refractivity contribution is 7.99. The van der Waals surface area contributed by atoms with Crippen molar-refractivity contribution in [3.63, 3.8) is 0 Å². The molecule has 6 heteroatoms. The first-order chi connectivity index (χ1) is 6.33. The summed E-state index contributed by atoms with van der Waals surface area (Å²) in [5.74, 6) is 0.735. The van der Waals surface area contributed by atoms with E-state index in [4.69, 9.17) is 17.1 Å². The van der Waals surface area contributed by atoms with Crippen molar-refractivity contribution in [1.82, 2.24) is 4.98 Å². The molecule has 1 aromatic rings. The van der Waals surface area contributed by atoms with Gasteiger partial charge >= 0.3 is 0 Å². The van der Waals surface area contributed by atoms with Gasteiger partial charge in [0.25, 0.3) is 0 Å². The van der Waals surface area contributed by atoms with E-state index in [1.807, 2.05) is 6.07 Å². The van der Waals surface area contributed by atoms with E-state index in [1.54, 1.807) is 12.3 Å². The lowest BCUT2D eigenvalue weighted by Crippen LogP contribution is -1.85. The Balaban J connectivity index is 2.37. The largest absolute Gasteiger partial charge is 0.248 e. The Labute approximate surface area is 84.9 Å². The van der Waals surface area contributed by atoms with E-state index >= 15 is 0 Å². The van der Waals surface area contributed by atoms with Crippen LogP contribution in [0.3, 0.4) is 0 Å². The number of rotatable bonds is 4. The van der Waals surface area contributed by atoms with Gasteiger partial charge in [-0.25, -0.2) is 4.98 Å². The van der Waals surface area contributed by atoms with Gasteiger partial charge in [0.2, 0.25) is 0 Å². The molecule has 0 N–H and O–H groups in total. The lowest BCUT2D eigenvalue weighted by atomic mass is 10.5. The van der Waals surface area contributed by atoms with Crippen LogP contribution in [0.2, 0.25) is 5.02 Å². The van der Waals surface area contributed by atoms with Crippen LogP contribution in [0.1, 0.15) is 0 Å². The zero-order valence-electron chi connectivity index (χ0n) is 6.72. The average molecular weight is 215 g/mol. The van der Waals surface area contributed by atoms with Gasteiger partial charge in [0, 0.05) is 23.4 Å². The van der Waals surface area contributed by atoms with Crippen molar-refractivity contribution >= 4 is 23.4 Å².